The van der Waals surface area contributed by atoms with Gasteiger partial charge in [-0.15, -0.1) is 0 Å². The lowest BCUT2D eigenvalue weighted by molar-refractivity contribution is -0.0690. The maximum atomic E-state index is 6.22. The zero-order valence-corrected chi connectivity index (χ0v) is 14.4. The normalized spacial score (nSPS) is 15.5. The van der Waals surface area contributed by atoms with E-state index < -0.39 is 5.79 Å². The van der Waals surface area contributed by atoms with Crippen molar-refractivity contribution in [1.29, 1.82) is 0 Å². The SMILES string of the molecule is CCCC1=CCC(Oc2ccc(N)cc2)(Oc2ccc(N)cc2)C=C1. The summed E-state index contributed by atoms with van der Waals surface area (Å²) in [7, 11) is 0. The number of rotatable bonds is 6. The molecule has 0 saturated heterocycles. The van der Waals surface area contributed by atoms with Gasteiger partial charge >= 0.3 is 0 Å². The van der Waals surface area contributed by atoms with Crippen LogP contribution in [-0.4, -0.2) is 5.79 Å². The third-order valence-corrected chi connectivity index (χ3v) is 4.08. The van der Waals surface area contributed by atoms with Crippen LogP contribution in [0.5, 0.6) is 11.5 Å². The van der Waals surface area contributed by atoms with Crippen molar-refractivity contribution in [3.8, 4) is 11.5 Å². The molecule has 1 aliphatic rings. The lowest BCUT2D eigenvalue weighted by atomic mass is 9.98. The van der Waals surface area contributed by atoms with E-state index in [1.807, 2.05) is 54.6 Å². The molecule has 0 heterocycles. The monoisotopic (exact) mass is 336 g/mol. The molecule has 1 aliphatic carbocycles. The second kappa shape index (κ2) is 7.34. The van der Waals surface area contributed by atoms with Crippen molar-refractivity contribution in [1.82, 2.24) is 0 Å². The average molecular weight is 336 g/mol. The summed E-state index contributed by atoms with van der Waals surface area (Å²) in [5, 5.41) is 0. The molecule has 0 fully saturated rings. The van der Waals surface area contributed by atoms with Crippen molar-refractivity contribution in [2.45, 2.75) is 32.0 Å². The van der Waals surface area contributed by atoms with Gasteiger partial charge in [0.25, 0.3) is 5.79 Å². The third-order valence-electron chi connectivity index (χ3n) is 4.08. The van der Waals surface area contributed by atoms with E-state index in [0.29, 0.717) is 29.3 Å². The largest absolute Gasteiger partial charge is 0.448 e. The van der Waals surface area contributed by atoms with E-state index in [-0.39, 0.29) is 0 Å². The van der Waals surface area contributed by atoms with E-state index in [4.69, 9.17) is 20.9 Å². The zero-order chi connectivity index (χ0) is 17.7. The minimum Gasteiger partial charge on any atom is -0.448 e. The molecule has 4 N–H and O–H groups in total. The van der Waals surface area contributed by atoms with Crippen LogP contribution >= 0.6 is 0 Å². The molecule has 4 heteroatoms. The summed E-state index contributed by atoms with van der Waals surface area (Å²) in [5.41, 5.74) is 14.2. The smallest absolute Gasteiger partial charge is 0.274 e. The molecule has 130 valence electrons. The molecule has 2 aromatic carbocycles. The Bertz CT molecular complexity index is 714. The first-order chi connectivity index (χ1) is 12.1. The van der Waals surface area contributed by atoms with E-state index in [2.05, 4.69) is 19.1 Å². The molecule has 2 aromatic rings. The Balaban J connectivity index is 1.84. The summed E-state index contributed by atoms with van der Waals surface area (Å²) in [4.78, 5) is 0. The van der Waals surface area contributed by atoms with Crippen molar-refractivity contribution in [3.05, 3.63) is 72.3 Å². The maximum Gasteiger partial charge on any atom is 0.274 e. The molecule has 0 radical (unpaired) electrons. The van der Waals surface area contributed by atoms with Crippen molar-refractivity contribution >= 4 is 11.4 Å². The highest BCUT2D eigenvalue weighted by Gasteiger charge is 2.33. The molecular weight excluding hydrogens is 312 g/mol. The fourth-order valence-electron chi connectivity index (χ4n) is 2.76. The maximum absolute atomic E-state index is 6.22. The van der Waals surface area contributed by atoms with Crippen LogP contribution in [0.3, 0.4) is 0 Å². The summed E-state index contributed by atoms with van der Waals surface area (Å²) < 4.78 is 12.4. The first-order valence-electron chi connectivity index (χ1n) is 8.56. The Morgan fingerprint density at radius 3 is 1.80 bits per heavy atom. The van der Waals surface area contributed by atoms with Crippen LogP contribution in [0.25, 0.3) is 0 Å². The van der Waals surface area contributed by atoms with Crippen LogP contribution in [0, 0.1) is 0 Å². The van der Waals surface area contributed by atoms with Gasteiger partial charge in [-0.25, -0.2) is 0 Å². The van der Waals surface area contributed by atoms with Gasteiger partial charge in [-0.05, 0) is 55.0 Å². The number of benzene rings is 2. The Morgan fingerprint density at radius 2 is 1.40 bits per heavy atom. The Hall–Kier alpha value is -2.88. The van der Waals surface area contributed by atoms with E-state index in [0.717, 1.165) is 12.8 Å². The highest BCUT2D eigenvalue weighted by molar-refractivity contribution is 5.43. The molecule has 0 saturated carbocycles. The van der Waals surface area contributed by atoms with E-state index >= 15 is 0 Å². The molecule has 0 aliphatic heterocycles. The fraction of sp³-hybridized carbons (Fsp3) is 0.238. The molecular formula is C21H24N2O2. The molecule has 3 rings (SSSR count). The van der Waals surface area contributed by atoms with Crippen molar-refractivity contribution < 1.29 is 9.47 Å². The zero-order valence-electron chi connectivity index (χ0n) is 14.4. The van der Waals surface area contributed by atoms with Gasteiger partial charge in [0.15, 0.2) is 0 Å². The van der Waals surface area contributed by atoms with Crippen molar-refractivity contribution in [2.75, 3.05) is 11.5 Å². The van der Waals surface area contributed by atoms with Crippen LogP contribution in [0.15, 0.2) is 72.3 Å². The van der Waals surface area contributed by atoms with Crippen LogP contribution < -0.4 is 20.9 Å². The van der Waals surface area contributed by atoms with Gasteiger partial charge in [0, 0.05) is 23.9 Å². The molecule has 0 spiro atoms. The quantitative estimate of drug-likeness (QED) is 0.593. The van der Waals surface area contributed by atoms with Crippen LogP contribution in [0.4, 0.5) is 11.4 Å². The molecule has 4 nitrogen and oxygen atoms in total. The molecule has 0 bridgehead atoms. The molecule has 25 heavy (non-hydrogen) atoms. The third kappa shape index (κ3) is 4.35. The van der Waals surface area contributed by atoms with Gasteiger partial charge in [-0.2, -0.15) is 0 Å². The number of nitrogens with two attached hydrogens (primary N) is 2. The first-order valence-corrected chi connectivity index (χ1v) is 8.56. The average Bonchev–Trinajstić information content (AvgIpc) is 2.62. The number of hydrogen-bond acceptors (Lipinski definition) is 4. The summed E-state index contributed by atoms with van der Waals surface area (Å²) in [5.74, 6) is 0.534. The highest BCUT2D eigenvalue weighted by Crippen LogP contribution is 2.32. The predicted molar refractivity (Wildman–Crippen MR) is 102 cm³/mol. The topological polar surface area (TPSA) is 70.5 Å². The second-order valence-corrected chi connectivity index (χ2v) is 6.22. The van der Waals surface area contributed by atoms with Gasteiger partial charge in [0.2, 0.25) is 0 Å². The van der Waals surface area contributed by atoms with Gasteiger partial charge < -0.3 is 20.9 Å². The summed E-state index contributed by atoms with van der Waals surface area (Å²) in [6.07, 6.45) is 9.05. The van der Waals surface area contributed by atoms with Crippen LogP contribution in [-0.2, 0) is 0 Å². The number of nitrogen functional groups attached to an aromatic ring is 2. The lowest BCUT2D eigenvalue weighted by Crippen LogP contribution is -2.41. The van der Waals surface area contributed by atoms with Crippen LogP contribution in [0.2, 0.25) is 0 Å². The Kier molecular flexibility index (Phi) is 4.98. The van der Waals surface area contributed by atoms with Crippen LogP contribution in [0.1, 0.15) is 26.2 Å². The summed E-state index contributed by atoms with van der Waals surface area (Å²) >= 11 is 0. The molecule has 0 atom stereocenters. The minimum absolute atomic E-state index is 0.633. The molecule has 0 aromatic heterocycles. The van der Waals surface area contributed by atoms with Crippen molar-refractivity contribution in [3.63, 3.8) is 0 Å². The van der Waals surface area contributed by atoms with Gasteiger partial charge in [-0.3, -0.25) is 0 Å². The number of hydrogen-bond donors (Lipinski definition) is 2. The minimum atomic E-state index is -0.885. The number of ether oxygens (including phenoxy) is 2. The van der Waals surface area contributed by atoms with Gasteiger partial charge in [-0.1, -0.05) is 31.1 Å². The van der Waals surface area contributed by atoms with Gasteiger partial charge in [0.1, 0.15) is 11.5 Å². The predicted octanol–water partition coefficient (Wildman–Crippen LogP) is 4.69. The highest BCUT2D eigenvalue weighted by atomic mass is 16.7. The summed E-state index contributed by atoms with van der Waals surface area (Å²) in [6.45, 7) is 2.17. The Labute approximate surface area is 148 Å². The standard InChI is InChI=1S/C21H24N2O2/c1-2-3-16-12-14-21(15-13-16,24-19-8-4-17(22)5-9-19)25-20-10-6-18(23)7-11-20/h4-14H,2-3,15,22-23H2,1H3. The summed E-state index contributed by atoms with van der Waals surface area (Å²) in [6, 6.07) is 14.7. The number of allylic oxidation sites excluding steroid dienone is 2. The Morgan fingerprint density at radius 1 is 0.880 bits per heavy atom. The lowest BCUT2D eigenvalue weighted by Gasteiger charge is -2.33. The van der Waals surface area contributed by atoms with E-state index in [1.54, 1.807) is 0 Å². The fourth-order valence-corrected chi connectivity index (χ4v) is 2.76. The number of anilines is 2. The van der Waals surface area contributed by atoms with E-state index in [1.165, 1.54) is 5.57 Å². The molecule has 0 amide bonds. The van der Waals surface area contributed by atoms with Crippen molar-refractivity contribution in [2.24, 2.45) is 0 Å². The second-order valence-electron chi connectivity index (χ2n) is 6.22. The molecule has 0 unspecified atom stereocenters. The van der Waals surface area contributed by atoms with E-state index in [9.17, 15) is 0 Å². The first kappa shape index (κ1) is 17.0. The van der Waals surface area contributed by atoms with Gasteiger partial charge in [0.05, 0.1) is 0 Å².